The number of rotatable bonds is 5. The first-order chi connectivity index (χ1) is 12.8. The van der Waals surface area contributed by atoms with Gasteiger partial charge in [-0.05, 0) is 11.4 Å². The Kier molecular flexibility index (Phi) is 5.43. The van der Waals surface area contributed by atoms with Gasteiger partial charge in [0.05, 0.1) is 43.2 Å². The summed E-state index contributed by atoms with van der Waals surface area (Å²) < 4.78 is 0. The van der Waals surface area contributed by atoms with Gasteiger partial charge in [-0.1, -0.05) is 36.4 Å². The molecule has 26 heavy (non-hydrogen) atoms. The molecule has 6 heteroatoms. The van der Waals surface area contributed by atoms with Crippen molar-refractivity contribution in [2.75, 3.05) is 26.2 Å². The Labute approximate surface area is 161 Å². The quantitative estimate of drug-likeness (QED) is 0.733. The number of nitrogens with one attached hydrogen (secondary N) is 1. The third-order valence-electron chi connectivity index (χ3n) is 4.73. The zero-order valence-corrected chi connectivity index (χ0v) is 16.2. The van der Waals surface area contributed by atoms with Gasteiger partial charge in [0.15, 0.2) is 0 Å². The fourth-order valence-electron chi connectivity index (χ4n) is 3.28. The molecule has 134 valence electrons. The Hall–Kier alpha value is -2.02. The minimum atomic E-state index is 0.199. The Morgan fingerprint density at radius 1 is 1.08 bits per heavy atom. The van der Waals surface area contributed by atoms with E-state index >= 15 is 0 Å². The van der Waals surface area contributed by atoms with Gasteiger partial charge >= 0.3 is 0 Å². The fourth-order valence-corrected chi connectivity index (χ4v) is 4.88. The van der Waals surface area contributed by atoms with Gasteiger partial charge in [-0.3, -0.25) is 4.79 Å². The van der Waals surface area contributed by atoms with Gasteiger partial charge in [-0.25, -0.2) is 4.98 Å². The van der Waals surface area contributed by atoms with Crippen LogP contribution in [-0.4, -0.2) is 42.0 Å². The number of benzene rings is 1. The lowest BCUT2D eigenvalue weighted by Crippen LogP contribution is -3.13. The summed E-state index contributed by atoms with van der Waals surface area (Å²) in [5.41, 5.74) is 1.99. The number of piperazine rings is 1. The molecule has 3 aromatic rings. The highest BCUT2D eigenvalue weighted by Crippen LogP contribution is 2.23. The van der Waals surface area contributed by atoms with E-state index in [1.807, 2.05) is 39.8 Å². The summed E-state index contributed by atoms with van der Waals surface area (Å²) in [7, 11) is 0. The van der Waals surface area contributed by atoms with Crippen molar-refractivity contribution in [1.82, 2.24) is 9.88 Å². The predicted octanol–water partition coefficient (Wildman–Crippen LogP) is 2.34. The first-order valence-electron chi connectivity index (χ1n) is 8.91. The van der Waals surface area contributed by atoms with Crippen molar-refractivity contribution >= 4 is 28.6 Å². The summed E-state index contributed by atoms with van der Waals surface area (Å²) in [6.07, 6.45) is 0.406. The van der Waals surface area contributed by atoms with Crippen LogP contribution in [0, 0.1) is 0 Å². The molecule has 4 nitrogen and oxygen atoms in total. The second-order valence-electron chi connectivity index (χ2n) is 6.57. The molecule has 1 saturated heterocycles. The van der Waals surface area contributed by atoms with E-state index in [0.717, 1.165) is 49.0 Å². The standard InChI is InChI=1S/C20H21N3OS2/c24-19(13-17-15-26-20(21-17)16-5-2-1-3-6-16)23-10-8-22(9-11-23)14-18-7-4-12-25-18/h1-7,12,15H,8-11,13-14H2/p+1. The van der Waals surface area contributed by atoms with Crippen LogP contribution in [0.1, 0.15) is 10.6 Å². The number of thiazole rings is 1. The molecule has 1 amide bonds. The van der Waals surface area contributed by atoms with E-state index in [4.69, 9.17) is 0 Å². The molecule has 1 aliphatic heterocycles. The van der Waals surface area contributed by atoms with Crippen molar-refractivity contribution < 1.29 is 9.69 Å². The smallest absolute Gasteiger partial charge is 0.229 e. The average Bonchev–Trinajstić information content (AvgIpc) is 3.35. The van der Waals surface area contributed by atoms with E-state index in [1.165, 1.54) is 4.88 Å². The van der Waals surface area contributed by atoms with E-state index in [0.29, 0.717) is 6.42 Å². The second kappa shape index (κ2) is 8.12. The molecule has 1 N–H and O–H groups in total. The van der Waals surface area contributed by atoms with E-state index in [-0.39, 0.29) is 5.91 Å². The SMILES string of the molecule is O=C(Cc1csc(-c2ccccc2)n1)N1CC[NH+](Cc2cccs2)CC1. The molecule has 0 bridgehead atoms. The Bertz CT molecular complexity index is 837. The van der Waals surface area contributed by atoms with Crippen molar-refractivity contribution in [2.24, 2.45) is 0 Å². The van der Waals surface area contributed by atoms with Gasteiger partial charge in [0.2, 0.25) is 5.91 Å². The summed E-state index contributed by atoms with van der Waals surface area (Å²) in [6.45, 7) is 4.81. The molecular formula is C20H22N3OS2+. The largest absolute Gasteiger partial charge is 0.331 e. The van der Waals surface area contributed by atoms with E-state index in [1.54, 1.807) is 16.2 Å². The molecule has 1 aliphatic rings. The number of hydrogen-bond acceptors (Lipinski definition) is 4. The van der Waals surface area contributed by atoms with Gasteiger partial charge in [0.1, 0.15) is 11.6 Å². The maximum Gasteiger partial charge on any atom is 0.229 e. The molecule has 0 atom stereocenters. The summed E-state index contributed by atoms with van der Waals surface area (Å²) >= 11 is 3.43. The fraction of sp³-hybridized carbons (Fsp3) is 0.300. The third-order valence-corrected chi connectivity index (χ3v) is 6.55. The molecule has 0 aliphatic carbocycles. The highest BCUT2D eigenvalue weighted by Gasteiger charge is 2.24. The molecule has 0 unspecified atom stereocenters. The van der Waals surface area contributed by atoms with E-state index in [2.05, 4.69) is 34.6 Å². The number of quaternary nitrogens is 1. The Morgan fingerprint density at radius 3 is 2.62 bits per heavy atom. The van der Waals surface area contributed by atoms with Crippen LogP contribution < -0.4 is 4.90 Å². The van der Waals surface area contributed by atoms with E-state index < -0.39 is 0 Å². The van der Waals surface area contributed by atoms with Gasteiger partial charge in [0.25, 0.3) is 0 Å². The van der Waals surface area contributed by atoms with Crippen LogP contribution in [0.4, 0.5) is 0 Å². The number of hydrogen-bond donors (Lipinski definition) is 1. The summed E-state index contributed by atoms with van der Waals surface area (Å²) in [4.78, 5) is 22.3. The first-order valence-corrected chi connectivity index (χ1v) is 10.7. The van der Waals surface area contributed by atoms with Crippen LogP contribution >= 0.6 is 22.7 Å². The zero-order chi connectivity index (χ0) is 17.8. The van der Waals surface area contributed by atoms with Crippen molar-refractivity contribution in [3.05, 3.63) is 63.8 Å². The maximum absolute atomic E-state index is 12.6. The van der Waals surface area contributed by atoms with Crippen molar-refractivity contribution in [1.29, 1.82) is 0 Å². The molecule has 0 saturated carbocycles. The van der Waals surface area contributed by atoms with Gasteiger partial charge in [-0.2, -0.15) is 0 Å². The topological polar surface area (TPSA) is 37.6 Å². The average molecular weight is 385 g/mol. The summed E-state index contributed by atoms with van der Waals surface area (Å²) in [5.74, 6) is 0.199. The van der Waals surface area contributed by atoms with Gasteiger partial charge in [-0.15, -0.1) is 22.7 Å². The number of carbonyl (C=O) groups is 1. The molecule has 0 radical (unpaired) electrons. The number of nitrogens with zero attached hydrogens (tertiary/aromatic N) is 2. The third kappa shape index (κ3) is 4.20. The van der Waals surface area contributed by atoms with Gasteiger partial charge < -0.3 is 9.80 Å². The first kappa shape index (κ1) is 17.4. The molecule has 1 aromatic carbocycles. The second-order valence-corrected chi connectivity index (χ2v) is 8.46. The van der Waals surface area contributed by atoms with Crippen LogP contribution in [0.5, 0.6) is 0 Å². The van der Waals surface area contributed by atoms with Crippen LogP contribution in [-0.2, 0) is 17.8 Å². The summed E-state index contributed by atoms with van der Waals surface area (Å²) in [6, 6.07) is 14.4. The van der Waals surface area contributed by atoms with Gasteiger partial charge in [0, 0.05) is 10.9 Å². The zero-order valence-electron chi connectivity index (χ0n) is 14.6. The molecule has 4 rings (SSSR count). The van der Waals surface area contributed by atoms with Crippen LogP contribution in [0.2, 0.25) is 0 Å². The van der Waals surface area contributed by atoms with Crippen LogP contribution in [0.25, 0.3) is 10.6 Å². The number of thiophene rings is 1. The molecule has 2 aromatic heterocycles. The minimum Gasteiger partial charge on any atom is -0.331 e. The normalized spacial score (nSPS) is 15.3. The lowest BCUT2D eigenvalue weighted by atomic mass is 10.2. The maximum atomic E-state index is 12.6. The number of carbonyl (C=O) groups excluding carboxylic acids is 1. The predicted molar refractivity (Wildman–Crippen MR) is 107 cm³/mol. The highest BCUT2D eigenvalue weighted by molar-refractivity contribution is 7.13. The van der Waals surface area contributed by atoms with Crippen molar-refractivity contribution in [2.45, 2.75) is 13.0 Å². The monoisotopic (exact) mass is 384 g/mol. The highest BCUT2D eigenvalue weighted by atomic mass is 32.1. The van der Waals surface area contributed by atoms with E-state index in [9.17, 15) is 4.79 Å². The number of aromatic nitrogens is 1. The minimum absolute atomic E-state index is 0.199. The Balaban J connectivity index is 1.30. The van der Waals surface area contributed by atoms with Crippen molar-refractivity contribution in [3.63, 3.8) is 0 Å². The van der Waals surface area contributed by atoms with Crippen LogP contribution in [0.3, 0.4) is 0 Å². The lowest BCUT2D eigenvalue weighted by molar-refractivity contribution is -0.917. The lowest BCUT2D eigenvalue weighted by Gasteiger charge is -2.32. The molecular weight excluding hydrogens is 362 g/mol. The van der Waals surface area contributed by atoms with Crippen molar-refractivity contribution in [3.8, 4) is 10.6 Å². The summed E-state index contributed by atoms with van der Waals surface area (Å²) in [5, 5.41) is 5.13. The molecule has 3 heterocycles. The molecule has 0 spiro atoms. The van der Waals surface area contributed by atoms with Crippen LogP contribution in [0.15, 0.2) is 53.2 Å². The molecule has 1 fully saturated rings. The Morgan fingerprint density at radius 2 is 1.88 bits per heavy atom. The number of amides is 1.